The lowest BCUT2D eigenvalue weighted by Gasteiger charge is -2.08. The standard InChI is InChI=1S/C13H18O4S/c1-4-5-12(14)9-17-18(15,16)13-8-10(2)6-7-11(13)3/h6-8H,4-5,9H2,1-3H3. The molecule has 0 heterocycles. The molecular formula is C13H18O4S. The predicted octanol–water partition coefficient (Wildman–Crippen LogP) is 2.38. The van der Waals surface area contributed by atoms with Crippen molar-refractivity contribution >= 4 is 15.9 Å². The van der Waals surface area contributed by atoms with Crippen LogP contribution in [0.15, 0.2) is 23.1 Å². The minimum absolute atomic E-state index is 0.131. The normalized spacial score (nSPS) is 11.5. The van der Waals surface area contributed by atoms with Gasteiger partial charge in [0.05, 0.1) is 4.90 Å². The number of ketones is 1. The zero-order chi connectivity index (χ0) is 13.8. The van der Waals surface area contributed by atoms with Gasteiger partial charge in [0.2, 0.25) is 0 Å². The first-order chi connectivity index (χ1) is 8.36. The van der Waals surface area contributed by atoms with Crippen molar-refractivity contribution in [2.75, 3.05) is 6.61 Å². The van der Waals surface area contributed by atoms with Crippen molar-refractivity contribution in [1.29, 1.82) is 0 Å². The molecule has 0 aliphatic heterocycles. The first-order valence-corrected chi connectivity index (χ1v) is 7.26. The molecule has 0 atom stereocenters. The van der Waals surface area contributed by atoms with Gasteiger partial charge in [0.1, 0.15) is 6.61 Å². The highest BCUT2D eigenvalue weighted by molar-refractivity contribution is 7.86. The van der Waals surface area contributed by atoms with E-state index in [-0.39, 0.29) is 17.3 Å². The van der Waals surface area contributed by atoms with Gasteiger partial charge in [0.25, 0.3) is 10.1 Å². The monoisotopic (exact) mass is 270 g/mol. The van der Waals surface area contributed by atoms with Crippen molar-refractivity contribution in [2.24, 2.45) is 0 Å². The van der Waals surface area contributed by atoms with Gasteiger partial charge in [-0.15, -0.1) is 0 Å². The Morgan fingerprint density at radius 2 is 1.94 bits per heavy atom. The van der Waals surface area contributed by atoms with E-state index in [1.807, 2.05) is 13.0 Å². The summed E-state index contributed by atoms with van der Waals surface area (Å²) >= 11 is 0. The Kier molecular flexibility index (Phi) is 5.04. The highest BCUT2D eigenvalue weighted by Gasteiger charge is 2.19. The van der Waals surface area contributed by atoms with Crippen molar-refractivity contribution in [2.45, 2.75) is 38.5 Å². The van der Waals surface area contributed by atoms with Crippen LogP contribution in [0.1, 0.15) is 30.9 Å². The van der Waals surface area contributed by atoms with Gasteiger partial charge in [-0.25, -0.2) is 0 Å². The predicted molar refractivity (Wildman–Crippen MR) is 69.0 cm³/mol. The molecule has 0 saturated heterocycles. The molecule has 0 unspecified atom stereocenters. The SMILES string of the molecule is CCCC(=O)COS(=O)(=O)c1cc(C)ccc1C. The molecule has 5 heteroatoms. The fourth-order valence-corrected chi connectivity index (χ4v) is 2.74. The molecule has 0 aromatic heterocycles. The van der Waals surface area contributed by atoms with Gasteiger partial charge < -0.3 is 0 Å². The van der Waals surface area contributed by atoms with Crippen molar-refractivity contribution in [3.05, 3.63) is 29.3 Å². The lowest BCUT2D eigenvalue weighted by molar-refractivity contribution is -0.121. The van der Waals surface area contributed by atoms with E-state index in [4.69, 9.17) is 4.18 Å². The molecule has 18 heavy (non-hydrogen) atoms. The molecule has 100 valence electrons. The maximum atomic E-state index is 11.9. The van der Waals surface area contributed by atoms with Gasteiger partial charge in [-0.3, -0.25) is 8.98 Å². The Hall–Kier alpha value is -1.20. The van der Waals surface area contributed by atoms with Crippen LogP contribution in [-0.4, -0.2) is 20.8 Å². The molecule has 1 aromatic rings. The lowest BCUT2D eigenvalue weighted by Crippen LogP contribution is -2.15. The van der Waals surface area contributed by atoms with Crippen molar-refractivity contribution < 1.29 is 17.4 Å². The van der Waals surface area contributed by atoms with Gasteiger partial charge in [0, 0.05) is 6.42 Å². The zero-order valence-corrected chi connectivity index (χ0v) is 11.7. The van der Waals surface area contributed by atoms with Crippen molar-refractivity contribution in [1.82, 2.24) is 0 Å². The molecule has 0 amide bonds. The average Bonchev–Trinajstić information content (AvgIpc) is 2.30. The van der Waals surface area contributed by atoms with E-state index in [1.165, 1.54) is 0 Å². The maximum Gasteiger partial charge on any atom is 0.297 e. The number of aryl methyl sites for hydroxylation is 2. The largest absolute Gasteiger partial charge is 0.297 e. The Bertz CT molecular complexity index is 532. The second-order valence-corrected chi connectivity index (χ2v) is 5.86. The molecule has 0 saturated carbocycles. The molecule has 0 aliphatic rings. The highest BCUT2D eigenvalue weighted by atomic mass is 32.2. The second-order valence-electron chi connectivity index (χ2n) is 4.27. The van der Waals surface area contributed by atoms with E-state index >= 15 is 0 Å². The summed E-state index contributed by atoms with van der Waals surface area (Å²) in [6.45, 7) is 4.98. The minimum atomic E-state index is -3.85. The third-order valence-corrected chi connectivity index (χ3v) is 3.92. The van der Waals surface area contributed by atoms with Crippen molar-refractivity contribution in [3.63, 3.8) is 0 Å². The molecule has 1 rings (SSSR count). The van der Waals surface area contributed by atoms with Gasteiger partial charge in [0.15, 0.2) is 5.78 Å². The van der Waals surface area contributed by atoms with E-state index in [0.717, 1.165) is 5.56 Å². The Morgan fingerprint density at radius 3 is 2.56 bits per heavy atom. The molecule has 4 nitrogen and oxygen atoms in total. The molecule has 0 N–H and O–H groups in total. The lowest BCUT2D eigenvalue weighted by atomic mass is 10.2. The Morgan fingerprint density at radius 1 is 1.28 bits per heavy atom. The maximum absolute atomic E-state index is 11.9. The van der Waals surface area contributed by atoms with E-state index in [9.17, 15) is 13.2 Å². The summed E-state index contributed by atoms with van der Waals surface area (Å²) in [5.74, 6) is -0.202. The summed E-state index contributed by atoms with van der Waals surface area (Å²) in [5, 5.41) is 0. The first kappa shape index (κ1) is 14.9. The van der Waals surface area contributed by atoms with Crippen molar-refractivity contribution in [3.8, 4) is 0 Å². The average molecular weight is 270 g/mol. The van der Waals surface area contributed by atoms with Gasteiger partial charge in [-0.2, -0.15) is 8.42 Å². The van der Waals surface area contributed by atoms with Crippen LogP contribution in [-0.2, 0) is 19.1 Å². The van der Waals surface area contributed by atoms with E-state index in [1.54, 1.807) is 26.0 Å². The minimum Gasteiger partial charge on any atom is -0.297 e. The Labute approximate surface area is 108 Å². The number of hydrogen-bond donors (Lipinski definition) is 0. The number of rotatable bonds is 6. The third-order valence-electron chi connectivity index (χ3n) is 2.52. The summed E-state index contributed by atoms with van der Waals surface area (Å²) in [6.07, 6.45) is 1.02. The molecule has 0 spiro atoms. The summed E-state index contributed by atoms with van der Waals surface area (Å²) in [7, 11) is -3.85. The number of carbonyl (C=O) groups is 1. The summed E-state index contributed by atoms with van der Waals surface area (Å²) in [4.78, 5) is 11.4. The first-order valence-electron chi connectivity index (χ1n) is 5.85. The van der Waals surface area contributed by atoms with Crippen LogP contribution in [0.3, 0.4) is 0 Å². The van der Waals surface area contributed by atoms with Gasteiger partial charge in [-0.05, 0) is 37.5 Å². The van der Waals surface area contributed by atoms with Crippen LogP contribution in [0.2, 0.25) is 0 Å². The van der Waals surface area contributed by atoms with Gasteiger partial charge >= 0.3 is 0 Å². The van der Waals surface area contributed by atoms with Crippen LogP contribution in [0.4, 0.5) is 0 Å². The number of benzene rings is 1. The van der Waals surface area contributed by atoms with E-state index in [0.29, 0.717) is 18.4 Å². The smallest absolute Gasteiger partial charge is 0.297 e. The molecular weight excluding hydrogens is 252 g/mol. The van der Waals surface area contributed by atoms with Crippen LogP contribution in [0.5, 0.6) is 0 Å². The molecule has 0 aliphatic carbocycles. The number of carbonyl (C=O) groups excluding carboxylic acids is 1. The van der Waals surface area contributed by atoms with E-state index in [2.05, 4.69) is 0 Å². The molecule has 0 radical (unpaired) electrons. The van der Waals surface area contributed by atoms with Crippen LogP contribution >= 0.6 is 0 Å². The van der Waals surface area contributed by atoms with E-state index < -0.39 is 10.1 Å². The topological polar surface area (TPSA) is 60.4 Å². The van der Waals surface area contributed by atoms with Crippen LogP contribution in [0, 0.1) is 13.8 Å². The number of hydrogen-bond acceptors (Lipinski definition) is 4. The highest BCUT2D eigenvalue weighted by Crippen LogP contribution is 2.19. The summed E-state index contributed by atoms with van der Waals surface area (Å²) < 4.78 is 28.7. The fraction of sp³-hybridized carbons (Fsp3) is 0.462. The molecule has 0 bridgehead atoms. The summed E-state index contributed by atoms with van der Waals surface area (Å²) in [6, 6.07) is 5.10. The van der Waals surface area contributed by atoms with Crippen LogP contribution in [0.25, 0.3) is 0 Å². The quantitative estimate of drug-likeness (QED) is 0.745. The fourth-order valence-electron chi connectivity index (χ4n) is 1.53. The van der Waals surface area contributed by atoms with Crippen LogP contribution < -0.4 is 0 Å². The summed E-state index contributed by atoms with van der Waals surface area (Å²) in [5.41, 5.74) is 1.45. The Balaban J connectivity index is 2.87. The molecule has 1 aromatic carbocycles. The van der Waals surface area contributed by atoms with Gasteiger partial charge in [-0.1, -0.05) is 19.1 Å². The molecule has 0 fully saturated rings. The second kappa shape index (κ2) is 6.11. The third kappa shape index (κ3) is 3.92. The number of Topliss-reactive ketones (excluding diaryl/α,β-unsaturated/α-hetero) is 1. The zero-order valence-electron chi connectivity index (χ0n) is 10.9.